The maximum Gasteiger partial charge on any atom is 0.357 e. The first-order chi connectivity index (χ1) is 16.7. The normalized spacial score (nSPS) is 12.9. The minimum absolute atomic E-state index is 0.00383. The van der Waals surface area contributed by atoms with Gasteiger partial charge in [-0.1, -0.05) is 36.4 Å². The number of ether oxygens (including phenoxy) is 1. The molecule has 0 atom stereocenters. The predicted molar refractivity (Wildman–Crippen MR) is 124 cm³/mol. The van der Waals surface area contributed by atoms with Crippen LogP contribution in [0.25, 0.3) is 23.2 Å². The molecule has 0 radical (unpaired) electrons. The third-order valence-electron chi connectivity index (χ3n) is 5.48. The number of rotatable bonds is 7. The van der Waals surface area contributed by atoms with E-state index in [1.54, 1.807) is 12.1 Å². The van der Waals surface area contributed by atoms with Gasteiger partial charge < -0.3 is 14.5 Å². The number of nitrogens with one attached hydrogen (secondary N) is 1. The highest BCUT2D eigenvalue weighted by molar-refractivity contribution is 6.16. The Morgan fingerprint density at radius 1 is 1.06 bits per heavy atom. The second-order valence-electron chi connectivity index (χ2n) is 7.79. The molecule has 0 spiro atoms. The first kappa shape index (κ1) is 21.3. The number of aryl methyl sites for hydroxylation is 2. The Balaban J connectivity index is 1.33. The molecule has 0 bridgehead atoms. The summed E-state index contributed by atoms with van der Waals surface area (Å²) in [5.41, 5.74) is 3.95. The summed E-state index contributed by atoms with van der Waals surface area (Å²) in [7, 11) is 0. The zero-order valence-corrected chi connectivity index (χ0v) is 18.2. The Kier molecular flexibility index (Phi) is 5.98. The van der Waals surface area contributed by atoms with Crippen LogP contribution in [0.1, 0.15) is 23.3 Å². The van der Waals surface area contributed by atoms with Gasteiger partial charge in [-0.25, -0.2) is 4.79 Å². The van der Waals surface area contributed by atoms with Crippen molar-refractivity contribution < 1.29 is 18.7 Å². The topological polar surface area (TPSA) is 112 Å². The van der Waals surface area contributed by atoms with Gasteiger partial charge in [-0.15, -0.1) is 5.10 Å². The van der Waals surface area contributed by atoms with Gasteiger partial charge in [0.25, 0.3) is 5.91 Å². The molecule has 4 aromatic rings. The van der Waals surface area contributed by atoms with Crippen LogP contribution in [0.3, 0.4) is 0 Å². The number of hydrogen-bond acceptors (Lipinski definition) is 7. The molecule has 9 heteroatoms. The van der Waals surface area contributed by atoms with E-state index in [1.165, 1.54) is 28.1 Å². The zero-order chi connectivity index (χ0) is 23.3. The van der Waals surface area contributed by atoms with Crippen LogP contribution in [0.4, 0.5) is 5.69 Å². The molecule has 1 aliphatic carbocycles. The van der Waals surface area contributed by atoms with E-state index in [-0.39, 0.29) is 5.70 Å². The summed E-state index contributed by atoms with van der Waals surface area (Å²) < 4.78 is 11.9. The molecule has 2 aromatic carbocycles. The van der Waals surface area contributed by atoms with Gasteiger partial charge >= 0.3 is 5.97 Å². The van der Waals surface area contributed by atoms with Crippen LogP contribution in [0.2, 0.25) is 0 Å². The van der Waals surface area contributed by atoms with Crippen molar-refractivity contribution >= 4 is 29.3 Å². The zero-order valence-electron chi connectivity index (χ0n) is 18.2. The molecule has 1 aliphatic rings. The van der Waals surface area contributed by atoms with Crippen molar-refractivity contribution in [3.8, 4) is 11.4 Å². The number of nitrogens with zero attached hydrogens (tertiary/aromatic N) is 4. The molecule has 0 saturated carbocycles. The van der Waals surface area contributed by atoms with Crippen LogP contribution in [-0.4, -0.2) is 38.7 Å². The Morgan fingerprint density at radius 2 is 1.91 bits per heavy atom. The average molecular weight is 455 g/mol. The van der Waals surface area contributed by atoms with Crippen molar-refractivity contribution in [2.45, 2.75) is 19.3 Å². The maximum absolute atomic E-state index is 13.0. The van der Waals surface area contributed by atoms with E-state index in [4.69, 9.17) is 9.15 Å². The molecule has 0 unspecified atom stereocenters. The number of anilines is 1. The second kappa shape index (κ2) is 9.53. The van der Waals surface area contributed by atoms with Crippen molar-refractivity contribution in [3.05, 3.63) is 83.8 Å². The smallest absolute Gasteiger partial charge is 0.357 e. The Labute approximate surface area is 195 Å². The summed E-state index contributed by atoms with van der Waals surface area (Å²) in [6.45, 7) is -0.464. The fraction of sp³-hybridized carbons (Fsp3) is 0.160. The molecule has 9 nitrogen and oxygen atoms in total. The molecular formula is C25H21N5O4. The molecule has 5 rings (SSSR count). The summed E-state index contributed by atoms with van der Waals surface area (Å²) >= 11 is 0. The molecule has 0 saturated heterocycles. The first-order valence-corrected chi connectivity index (χ1v) is 10.9. The number of fused-ring (bicyclic) bond motifs is 1. The quantitative estimate of drug-likeness (QED) is 0.335. The van der Waals surface area contributed by atoms with Gasteiger partial charge in [0.2, 0.25) is 0 Å². The third kappa shape index (κ3) is 4.63. The van der Waals surface area contributed by atoms with E-state index >= 15 is 0 Å². The standard InChI is InChI=1S/C25H21N5O4/c31-23(26-20-12-11-17-8-4-9-19(17)14-20)16-34-25(32)22(15-21-10-5-13-33-21)30-24(27-28-29-30)18-6-2-1-3-7-18/h1-3,5-7,10-15H,4,8-9,16H2,(H,26,31)/b22-15-. The van der Waals surface area contributed by atoms with Gasteiger partial charge in [-0.05, 0) is 65.1 Å². The van der Waals surface area contributed by atoms with Crippen LogP contribution in [0.15, 0.2) is 71.3 Å². The van der Waals surface area contributed by atoms with Gasteiger partial charge in [-0.3, -0.25) is 4.79 Å². The maximum atomic E-state index is 13.0. The number of tetrazole rings is 1. The molecular weight excluding hydrogens is 434 g/mol. The summed E-state index contributed by atoms with van der Waals surface area (Å²) in [6.07, 6.45) is 6.13. The first-order valence-electron chi connectivity index (χ1n) is 10.9. The van der Waals surface area contributed by atoms with Crippen LogP contribution in [-0.2, 0) is 27.2 Å². The average Bonchev–Trinajstić information content (AvgIpc) is 3.63. The predicted octanol–water partition coefficient (Wildman–Crippen LogP) is 3.60. The number of aromatic nitrogens is 4. The van der Waals surface area contributed by atoms with E-state index in [2.05, 4.69) is 20.8 Å². The lowest BCUT2D eigenvalue weighted by atomic mass is 10.1. The Morgan fingerprint density at radius 3 is 2.74 bits per heavy atom. The van der Waals surface area contributed by atoms with E-state index in [0.717, 1.165) is 19.3 Å². The van der Waals surface area contributed by atoms with Gasteiger partial charge in [0.05, 0.1) is 6.26 Å². The van der Waals surface area contributed by atoms with Crippen molar-refractivity contribution in [1.29, 1.82) is 0 Å². The van der Waals surface area contributed by atoms with Crippen LogP contribution in [0, 0.1) is 0 Å². The monoisotopic (exact) mass is 455 g/mol. The highest BCUT2D eigenvalue weighted by Gasteiger charge is 2.22. The molecule has 1 amide bonds. The number of carbonyl (C=O) groups excluding carboxylic acids is 2. The minimum Gasteiger partial charge on any atom is -0.465 e. The van der Waals surface area contributed by atoms with Gasteiger partial charge in [0, 0.05) is 17.3 Å². The molecule has 1 N–H and O–H groups in total. The van der Waals surface area contributed by atoms with Gasteiger partial charge in [0.15, 0.2) is 18.1 Å². The number of amides is 1. The SMILES string of the molecule is O=C(COC(=O)/C(=C/c1ccco1)n1nnnc1-c1ccccc1)Nc1ccc2c(c1)CCC2. The van der Waals surface area contributed by atoms with E-state index in [9.17, 15) is 9.59 Å². The minimum atomic E-state index is -0.773. The van der Waals surface area contributed by atoms with Gasteiger partial charge in [0.1, 0.15) is 5.76 Å². The summed E-state index contributed by atoms with van der Waals surface area (Å²) in [6, 6.07) is 18.4. The van der Waals surface area contributed by atoms with Crippen molar-refractivity contribution in [2.24, 2.45) is 0 Å². The number of esters is 1. The Hall–Kier alpha value is -4.53. The Bertz CT molecular complexity index is 1340. The van der Waals surface area contributed by atoms with Gasteiger partial charge in [-0.2, -0.15) is 4.68 Å². The lowest BCUT2D eigenvalue weighted by molar-refractivity contribution is -0.141. The molecule has 0 aliphatic heterocycles. The van der Waals surface area contributed by atoms with Crippen LogP contribution >= 0.6 is 0 Å². The van der Waals surface area contributed by atoms with Crippen molar-refractivity contribution in [3.63, 3.8) is 0 Å². The van der Waals surface area contributed by atoms with Crippen LogP contribution in [0.5, 0.6) is 0 Å². The lowest BCUT2D eigenvalue weighted by Crippen LogP contribution is -2.23. The molecule has 2 aromatic heterocycles. The summed E-state index contributed by atoms with van der Waals surface area (Å²) in [5.74, 6) is -0.462. The van der Waals surface area contributed by atoms with E-state index in [0.29, 0.717) is 22.8 Å². The molecule has 34 heavy (non-hydrogen) atoms. The van der Waals surface area contributed by atoms with E-state index in [1.807, 2.05) is 48.5 Å². The number of benzene rings is 2. The van der Waals surface area contributed by atoms with Crippen LogP contribution < -0.4 is 5.32 Å². The molecule has 170 valence electrons. The highest BCUT2D eigenvalue weighted by atomic mass is 16.5. The fourth-order valence-corrected chi connectivity index (χ4v) is 3.88. The molecule has 0 fully saturated rings. The van der Waals surface area contributed by atoms with E-state index < -0.39 is 18.5 Å². The van der Waals surface area contributed by atoms with Crippen molar-refractivity contribution in [2.75, 3.05) is 11.9 Å². The molecule has 2 heterocycles. The largest absolute Gasteiger partial charge is 0.465 e. The number of carbonyl (C=O) groups is 2. The third-order valence-corrected chi connectivity index (χ3v) is 5.48. The lowest BCUT2D eigenvalue weighted by Gasteiger charge is -2.11. The number of furan rings is 1. The number of hydrogen-bond donors (Lipinski definition) is 1. The van der Waals surface area contributed by atoms with Crippen molar-refractivity contribution in [1.82, 2.24) is 20.2 Å². The highest BCUT2D eigenvalue weighted by Crippen LogP contribution is 2.25. The summed E-state index contributed by atoms with van der Waals surface area (Å²) in [4.78, 5) is 25.5. The second-order valence-corrected chi connectivity index (χ2v) is 7.79. The fourth-order valence-electron chi connectivity index (χ4n) is 3.88. The summed E-state index contributed by atoms with van der Waals surface area (Å²) in [5, 5.41) is 14.5.